The average molecular weight is 249 g/mol. The highest BCUT2D eigenvalue weighted by Crippen LogP contribution is 2.32. The fraction of sp³-hybridized carbons (Fsp3) is 0.625. The van der Waals surface area contributed by atoms with Crippen LogP contribution in [0.3, 0.4) is 0 Å². The molecule has 0 unspecified atom stereocenters. The Labute approximate surface area is 112 Å². The van der Waals surface area contributed by atoms with Gasteiger partial charge in [-0.2, -0.15) is 0 Å². The van der Waals surface area contributed by atoms with Crippen molar-refractivity contribution in [2.75, 3.05) is 20.2 Å². The molecular weight excluding hydrogens is 222 g/mol. The van der Waals surface area contributed by atoms with Gasteiger partial charge in [0.05, 0.1) is 6.61 Å². The number of rotatable bonds is 6. The second-order valence-electron chi connectivity index (χ2n) is 5.74. The van der Waals surface area contributed by atoms with Crippen LogP contribution in [0.5, 0.6) is 5.75 Å². The second kappa shape index (κ2) is 6.79. The van der Waals surface area contributed by atoms with Crippen LogP contribution in [0, 0.1) is 0 Å². The summed E-state index contributed by atoms with van der Waals surface area (Å²) in [5, 5.41) is 3.14. The van der Waals surface area contributed by atoms with Crippen molar-refractivity contribution < 1.29 is 4.74 Å². The number of nitrogens with one attached hydrogen (secondary N) is 1. The number of hydrogen-bond donors (Lipinski definition) is 1. The van der Waals surface area contributed by atoms with Crippen LogP contribution in [0.15, 0.2) is 18.2 Å². The first-order valence-corrected chi connectivity index (χ1v) is 6.90. The molecule has 18 heavy (non-hydrogen) atoms. The van der Waals surface area contributed by atoms with Crippen molar-refractivity contribution in [1.29, 1.82) is 0 Å². The van der Waals surface area contributed by atoms with E-state index in [9.17, 15) is 0 Å². The van der Waals surface area contributed by atoms with Crippen LogP contribution >= 0.6 is 0 Å². The van der Waals surface area contributed by atoms with Gasteiger partial charge in [-0.15, -0.1) is 0 Å². The number of benzene rings is 1. The molecule has 0 bridgehead atoms. The van der Waals surface area contributed by atoms with Crippen LogP contribution in [-0.4, -0.2) is 20.2 Å². The van der Waals surface area contributed by atoms with E-state index >= 15 is 0 Å². The molecular formula is C16H27NO. The van der Waals surface area contributed by atoms with Crippen LogP contribution < -0.4 is 10.1 Å². The van der Waals surface area contributed by atoms with Gasteiger partial charge in [0.25, 0.3) is 0 Å². The van der Waals surface area contributed by atoms with Gasteiger partial charge in [-0.25, -0.2) is 0 Å². The summed E-state index contributed by atoms with van der Waals surface area (Å²) in [7, 11) is 1.97. The van der Waals surface area contributed by atoms with Crippen LogP contribution in [0.4, 0.5) is 0 Å². The molecule has 0 atom stereocenters. The SMILES string of the molecule is CCc1ccc(OCCCNC)c(C(C)(C)C)c1. The van der Waals surface area contributed by atoms with Crippen molar-refractivity contribution in [3.63, 3.8) is 0 Å². The van der Waals surface area contributed by atoms with Crippen molar-refractivity contribution in [3.8, 4) is 5.75 Å². The Kier molecular flexibility index (Phi) is 5.67. The molecule has 0 aliphatic carbocycles. The lowest BCUT2D eigenvalue weighted by atomic mass is 9.85. The lowest BCUT2D eigenvalue weighted by Gasteiger charge is -2.23. The van der Waals surface area contributed by atoms with Gasteiger partial charge >= 0.3 is 0 Å². The van der Waals surface area contributed by atoms with E-state index in [1.807, 2.05) is 7.05 Å². The molecule has 0 heterocycles. The molecule has 1 aromatic carbocycles. The minimum absolute atomic E-state index is 0.128. The zero-order valence-corrected chi connectivity index (χ0v) is 12.5. The summed E-state index contributed by atoms with van der Waals surface area (Å²) in [6, 6.07) is 6.58. The van der Waals surface area contributed by atoms with E-state index in [0.717, 1.165) is 31.7 Å². The highest BCUT2D eigenvalue weighted by molar-refractivity contribution is 5.41. The smallest absolute Gasteiger partial charge is 0.123 e. The van der Waals surface area contributed by atoms with Crippen LogP contribution in [0.25, 0.3) is 0 Å². The van der Waals surface area contributed by atoms with Crippen molar-refractivity contribution in [2.45, 2.75) is 46.0 Å². The Morgan fingerprint density at radius 2 is 1.94 bits per heavy atom. The first-order chi connectivity index (χ1) is 8.49. The molecule has 0 saturated carbocycles. The molecule has 102 valence electrons. The van der Waals surface area contributed by atoms with E-state index < -0.39 is 0 Å². The summed E-state index contributed by atoms with van der Waals surface area (Å²) >= 11 is 0. The lowest BCUT2D eigenvalue weighted by molar-refractivity contribution is 0.301. The largest absolute Gasteiger partial charge is 0.493 e. The van der Waals surface area contributed by atoms with Gasteiger partial charge in [-0.05, 0) is 49.0 Å². The molecule has 0 aliphatic heterocycles. The molecule has 1 rings (SSSR count). The predicted molar refractivity (Wildman–Crippen MR) is 78.6 cm³/mol. The quantitative estimate of drug-likeness (QED) is 0.779. The Morgan fingerprint density at radius 3 is 2.50 bits per heavy atom. The lowest BCUT2D eigenvalue weighted by Crippen LogP contribution is -2.16. The zero-order chi connectivity index (χ0) is 13.6. The average Bonchev–Trinajstić information content (AvgIpc) is 2.33. The predicted octanol–water partition coefficient (Wildman–Crippen LogP) is 3.53. The van der Waals surface area contributed by atoms with Crippen molar-refractivity contribution >= 4 is 0 Å². The minimum Gasteiger partial charge on any atom is -0.493 e. The summed E-state index contributed by atoms with van der Waals surface area (Å²) in [6.07, 6.45) is 2.11. The number of ether oxygens (including phenoxy) is 1. The minimum atomic E-state index is 0.128. The van der Waals surface area contributed by atoms with E-state index in [1.165, 1.54) is 11.1 Å². The van der Waals surface area contributed by atoms with E-state index in [1.54, 1.807) is 0 Å². The zero-order valence-electron chi connectivity index (χ0n) is 12.5. The Balaban J connectivity index is 2.82. The molecule has 0 amide bonds. The van der Waals surface area contributed by atoms with Crippen LogP contribution in [0.1, 0.15) is 45.2 Å². The third kappa shape index (κ3) is 4.34. The Bertz CT molecular complexity index is 366. The number of hydrogen-bond acceptors (Lipinski definition) is 2. The molecule has 1 aromatic rings. The standard InChI is InChI=1S/C16H27NO/c1-6-13-8-9-15(18-11-7-10-17-5)14(12-13)16(2,3)4/h8-9,12,17H,6-7,10-11H2,1-5H3. The van der Waals surface area contributed by atoms with Gasteiger partial charge in [0, 0.05) is 0 Å². The fourth-order valence-corrected chi connectivity index (χ4v) is 1.94. The van der Waals surface area contributed by atoms with Gasteiger partial charge in [0.1, 0.15) is 5.75 Å². The summed E-state index contributed by atoms with van der Waals surface area (Å²) in [6.45, 7) is 10.7. The van der Waals surface area contributed by atoms with E-state index in [2.05, 4.69) is 51.2 Å². The summed E-state index contributed by atoms with van der Waals surface area (Å²) in [4.78, 5) is 0. The van der Waals surface area contributed by atoms with Gasteiger partial charge < -0.3 is 10.1 Å². The third-order valence-electron chi connectivity index (χ3n) is 3.09. The van der Waals surface area contributed by atoms with E-state index in [0.29, 0.717) is 0 Å². The fourth-order valence-electron chi connectivity index (χ4n) is 1.94. The molecule has 1 N–H and O–H groups in total. The monoisotopic (exact) mass is 249 g/mol. The van der Waals surface area contributed by atoms with E-state index in [4.69, 9.17) is 4.74 Å². The molecule has 0 spiro atoms. The Morgan fingerprint density at radius 1 is 1.22 bits per heavy atom. The highest BCUT2D eigenvalue weighted by atomic mass is 16.5. The van der Waals surface area contributed by atoms with Gasteiger partial charge in [0.15, 0.2) is 0 Å². The maximum Gasteiger partial charge on any atom is 0.123 e. The first kappa shape index (κ1) is 15.0. The molecule has 2 heteroatoms. The first-order valence-electron chi connectivity index (χ1n) is 6.90. The topological polar surface area (TPSA) is 21.3 Å². The third-order valence-corrected chi connectivity index (χ3v) is 3.09. The van der Waals surface area contributed by atoms with Gasteiger partial charge in [0.2, 0.25) is 0 Å². The normalized spacial score (nSPS) is 11.6. The van der Waals surface area contributed by atoms with E-state index in [-0.39, 0.29) is 5.41 Å². The van der Waals surface area contributed by atoms with Crippen molar-refractivity contribution in [1.82, 2.24) is 5.32 Å². The second-order valence-corrected chi connectivity index (χ2v) is 5.74. The summed E-state index contributed by atoms with van der Waals surface area (Å²) in [5.41, 5.74) is 2.82. The molecule has 2 nitrogen and oxygen atoms in total. The van der Waals surface area contributed by atoms with Crippen LogP contribution in [-0.2, 0) is 11.8 Å². The molecule has 0 radical (unpaired) electrons. The molecule has 0 fully saturated rings. The van der Waals surface area contributed by atoms with Crippen molar-refractivity contribution in [3.05, 3.63) is 29.3 Å². The summed E-state index contributed by atoms with van der Waals surface area (Å²) in [5.74, 6) is 1.04. The molecule has 0 aromatic heterocycles. The molecule has 0 aliphatic rings. The number of aryl methyl sites for hydroxylation is 1. The van der Waals surface area contributed by atoms with Crippen molar-refractivity contribution in [2.24, 2.45) is 0 Å². The van der Waals surface area contributed by atoms with Crippen LogP contribution in [0.2, 0.25) is 0 Å². The maximum absolute atomic E-state index is 5.93. The molecule has 0 saturated heterocycles. The summed E-state index contributed by atoms with van der Waals surface area (Å²) < 4.78 is 5.93. The van der Waals surface area contributed by atoms with Gasteiger partial charge in [-0.3, -0.25) is 0 Å². The highest BCUT2D eigenvalue weighted by Gasteiger charge is 2.19. The van der Waals surface area contributed by atoms with Gasteiger partial charge in [-0.1, -0.05) is 39.8 Å². The Hall–Kier alpha value is -1.02. The maximum atomic E-state index is 5.93.